The molecule has 6 heteroatoms. The highest BCUT2D eigenvalue weighted by molar-refractivity contribution is 5.96. The van der Waals surface area contributed by atoms with Gasteiger partial charge in [0.25, 0.3) is 5.91 Å². The second-order valence-corrected chi connectivity index (χ2v) is 4.15. The maximum atomic E-state index is 13.7. The van der Waals surface area contributed by atoms with Gasteiger partial charge in [-0.05, 0) is 32.0 Å². The van der Waals surface area contributed by atoms with E-state index in [0.717, 1.165) is 6.07 Å². The van der Waals surface area contributed by atoms with Crippen LogP contribution in [0.2, 0.25) is 0 Å². The van der Waals surface area contributed by atoms with Crippen LogP contribution < -0.4 is 11.1 Å². The zero-order valence-corrected chi connectivity index (χ0v) is 11.9. The van der Waals surface area contributed by atoms with E-state index in [2.05, 4.69) is 17.2 Å². The molecule has 3 N–H and O–H groups in total. The third-order valence-electron chi connectivity index (χ3n) is 2.54. The van der Waals surface area contributed by atoms with E-state index >= 15 is 0 Å². The van der Waals surface area contributed by atoms with Crippen LogP contribution in [0.25, 0.3) is 0 Å². The van der Waals surface area contributed by atoms with Crippen LogP contribution in [0.15, 0.2) is 18.2 Å². The number of carbonyl (C=O) groups is 2. The van der Waals surface area contributed by atoms with Gasteiger partial charge in [-0.15, -0.1) is 0 Å². The van der Waals surface area contributed by atoms with Gasteiger partial charge in [-0.2, -0.15) is 0 Å². The molecule has 112 valence electrons. The number of rotatable bonds is 4. The van der Waals surface area contributed by atoms with E-state index in [1.807, 2.05) is 0 Å². The van der Waals surface area contributed by atoms with Crippen molar-refractivity contribution < 1.29 is 18.7 Å². The molecule has 0 spiro atoms. The highest BCUT2D eigenvalue weighted by Gasteiger charge is 2.18. The predicted molar refractivity (Wildman–Crippen MR) is 75.9 cm³/mol. The molecule has 0 fully saturated rings. The topological polar surface area (TPSA) is 81.4 Å². The molecular formula is C15H17FN2O3. The van der Waals surface area contributed by atoms with Crippen molar-refractivity contribution in [2.45, 2.75) is 19.9 Å². The number of hydrogen-bond donors (Lipinski definition) is 2. The number of ether oxygens (including phenoxy) is 1. The lowest BCUT2D eigenvalue weighted by atomic mass is 10.1. The number of amides is 1. The van der Waals surface area contributed by atoms with Crippen LogP contribution in [0.5, 0.6) is 0 Å². The normalized spacial score (nSPS) is 11.0. The summed E-state index contributed by atoms with van der Waals surface area (Å²) in [5.41, 5.74) is 5.47. The fourth-order valence-electron chi connectivity index (χ4n) is 1.51. The van der Waals surface area contributed by atoms with Crippen LogP contribution in [0.4, 0.5) is 4.39 Å². The van der Waals surface area contributed by atoms with Gasteiger partial charge < -0.3 is 15.8 Å². The summed E-state index contributed by atoms with van der Waals surface area (Å²) in [6, 6.07) is 3.07. The maximum Gasteiger partial charge on any atom is 0.328 e. The van der Waals surface area contributed by atoms with Gasteiger partial charge in [0.2, 0.25) is 0 Å². The molecule has 0 radical (unpaired) electrons. The van der Waals surface area contributed by atoms with Gasteiger partial charge in [0.15, 0.2) is 0 Å². The Kier molecular flexibility index (Phi) is 6.37. The van der Waals surface area contributed by atoms with E-state index in [1.54, 1.807) is 6.92 Å². The number of nitrogens with one attached hydrogen (secondary N) is 1. The Bertz CT molecular complexity index is 590. The summed E-state index contributed by atoms with van der Waals surface area (Å²) in [6.07, 6.45) is 0. The summed E-state index contributed by atoms with van der Waals surface area (Å²) >= 11 is 0. The lowest BCUT2D eigenvalue weighted by molar-refractivity contribution is -0.144. The molecule has 0 saturated carbocycles. The Labute approximate surface area is 122 Å². The smallest absolute Gasteiger partial charge is 0.328 e. The highest BCUT2D eigenvalue weighted by Crippen LogP contribution is 2.10. The van der Waals surface area contributed by atoms with E-state index in [1.165, 1.54) is 19.1 Å². The summed E-state index contributed by atoms with van der Waals surface area (Å²) in [6.45, 7) is 3.51. The zero-order chi connectivity index (χ0) is 15.8. The molecule has 1 rings (SSSR count). The van der Waals surface area contributed by atoms with E-state index in [0.29, 0.717) is 0 Å². The van der Waals surface area contributed by atoms with Gasteiger partial charge in [-0.25, -0.2) is 9.18 Å². The van der Waals surface area contributed by atoms with Crippen LogP contribution in [-0.4, -0.2) is 31.1 Å². The number of carbonyl (C=O) groups excluding carboxylic acids is 2. The molecule has 0 heterocycles. The third-order valence-corrected chi connectivity index (χ3v) is 2.54. The van der Waals surface area contributed by atoms with Crippen molar-refractivity contribution >= 4 is 11.9 Å². The van der Waals surface area contributed by atoms with Crippen LogP contribution >= 0.6 is 0 Å². The summed E-state index contributed by atoms with van der Waals surface area (Å²) < 4.78 is 18.5. The van der Waals surface area contributed by atoms with E-state index in [4.69, 9.17) is 10.5 Å². The van der Waals surface area contributed by atoms with Crippen LogP contribution in [-0.2, 0) is 9.53 Å². The number of hydrogen-bond acceptors (Lipinski definition) is 4. The molecular weight excluding hydrogens is 275 g/mol. The average Bonchev–Trinajstić information content (AvgIpc) is 2.46. The Balaban J connectivity index is 2.80. The van der Waals surface area contributed by atoms with Crippen molar-refractivity contribution in [1.82, 2.24) is 5.32 Å². The second kappa shape index (κ2) is 8.02. The Morgan fingerprint density at radius 2 is 2.19 bits per heavy atom. The fraction of sp³-hybridized carbons (Fsp3) is 0.333. The standard InChI is InChI=1S/C15H17FN2O3/c1-3-21-15(20)10(2)18-14(19)12-7-6-11(5-4-8-17)13(16)9-12/h6-7,9-10H,3,8,17H2,1-2H3,(H,18,19). The monoisotopic (exact) mass is 292 g/mol. The van der Waals surface area contributed by atoms with Crippen molar-refractivity contribution in [3.63, 3.8) is 0 Å². The number of benzene rings is 1. The van der Waals surface area contributed by atoms with Gasteiger partial charge in [0.05, 0.1) is 18.7 Å². The first kappa shape index (κ1) is 16.7. The third kappa shape index (κ3) is 4.89. The molecule has 0 bridgehead atoms. The minimum Gasteiger partial charge on any atom is -0.464 e. The van der Waals surface area contributed by atoms with Gasteiger partial charge in [0, 0.05) is 5.56 Å². The predicted octanol–water partition coefficient (Wildman–Crippen LogP) is 0.817. The molecule has 21 heavy (non-hydrogen) atoms. The van der Waals surface area contributed by atoms with E-state index < -0.39 is 23.7 Å². The number of esters is 1. The lowest BCUT2D eigenvalue weighted by Crippen LogP contribution is -2.39. The summed E-state index contributed by atoms with van der Waals surface area (Å²) in [4.78, 5) is 23.3. The van der Waals surface area contributed by atoms with Crippen LogP contribution in [0.1, 0.15) is 29.8 Å². The number of nitrogens with two attached hydrogens (primary N) is 1. The van der Waals surface area contributed by atoms with E-state index in [-0.39, 0.29) is 24.3 Å². The van der Waals surface area contributed by atoms with Crippen molar-refractivity contribution in [2.75, 3.05) is 13.2 Å². The minimum atomic E-state index is -0.808. The lowest BCUT2D eigenvalue weighted by Gasteiger charge is -2.12. The molecule has 1 aromatic carbocycles. The Hall–Kier alpha value is -2.39. The first-order valence-corrected chi connectivity index (χ1v) is 6.45. The average molecular weight is 292 g/mol. The van der Waals surface area contributed by atoms with Gasteiger partial charge >= 0.3 is 5.97 Å². The maximum absolute atomic E-state index is 13.7. The van der Waals surface area contributed by atoms with Crippen LogP contribution in [0, 0.1) is 17.7 Å². The Morgan fingerprint density at radius 1 is 1.48 bits per heavy atom. The van der Waals surface area contributed by atoms with Crippen molar-refractivity contribution in [1.29, 1.82) is 0 Å². The summed E-state index contributed by atoms with van der Waals surface area (Å²) in [7, 11) is 0. The molecule has 1 amide bonds. The first-order valence-electron chi connectivity index (χ1n) is 6.45. The molecule has 5 nitrogen and oxygen atoms in total. The van der Waals surface area contributed by atoms with Crippen molar-refractivity contribution in [3.8, 4) is 11.8 Å². The fourth-order valence-corrected chi connectivity index (χ4v) is 1.51. The van der Waals surface area contributed by atoms with Crippen LogP contribution in [0.3, 0.4) is 0 Å². The molecule has 1 aromatic rings. The minimum absolute atomic E-state index is 0.0990. The molecule has 0 aliphatic rings. The molecule has 1 unspecified atom stereocenters. The van der Waals surface area contributed by atoms with Gasteiger partial charge in [-0.1, -0.05) is 11.8 Å². The summed E-state index contributed by atoms with van der Waals surface area (Å²) in [5, 5.41) is 2.43. The highest BCUT2D eigenvalue weighted by atomic mass is 19.1. The first-order chi connectivity index (χ1) is 9.99. The SMILES string of the molecule is CCOC(=O)C(C)NC(=O)c1ccc(C#CCN)c(F)c1. The molecule has 0 aliphatic carbocycles. The van der Waals surface area contributed by atoms with Crippen molar-refractivity contribution in [2.24, 2.45) is 5.73 Å². The van der Waals surface area contributed by atoms with Gasteiger partial charge in [-0.3, -0.25) is 4.79 Å². The second-order valence-electron chi connectivity index (χ2n) is 4.15. The van der Waals surface area contributed by atoms with E-state index in [9.17, 15) is 14.0 Å². The number of halogens is 1. The van der Waals surface area contributed by atoms with Crippen molar-refractivity contribution in [3.05, 3.63) is 35.1 Å². The van der Waals surface area contributed by atoms with Gasteiger partial charge in [0.1, 0.15) is 11.9 Å². The largest absolute Gasteiger partial charge is 0.464 e. The molecule has 0 aliphatic heterocycles. The molecule has 0 aromatic heterocycles. The zero-order valence-electron chi connectivity index (χ0n) is 11.9. The quantitative estimate of drug-likeness (QED) is 0.636. The molecule has 1 atom stereocenters. The Morgan fingerprint density at radius 3 is 2.76 bits per heavy atom. The molecule has 0 saturated heterocycles. The summed E-state index contributed by atoms with van der Waals surface area (Å²) in [5.74, 6) is 3.36.